The van der Waals surface area contributed by atoms with Crippen molar-refractivity contribution in [2.45, 2.75) is 20.3 Å². The van der Waals surface area contributed by atoms with Gasteiger partial charge >= 0.3 is 0 Å². The Hall–Kier alpha value is -2.80. The summed E-state index contributed by atoms with van der Waals surface area (Å²) in [6.45, 7) is 4.06. The highest BCUT2D eigenvalue weighted by Crippen LogP contribution is 2.38. The molecule has 144 valence electrons. The molecule has 0 unspecified atom stereocenters. The highest BCUT2D eigenvalue weighted by atomic mass is 32.1. The van der Waals surface area contributed by atoms with Gasteiger partial charge in [-0.1, -0.05) is 25.1 Å². The Morgan fingerprint density at radius 2 is 1.70 bits per heavy atom. The molecule has 2 aromatic rings. The lowest BCUT2D eigenvalue weighted by Crippen LogP contribution is -2.34. The predicted molar refractivity (Wildman–Crippen MR) is 110 cm³/mol. The number of thiocarbonyl (C=S) groups is 1. The van der Waals surface area contributed by atoms with Gasteiger partial charge in [-0.15, -0.1) is 0 Å². The quantitative estimate of drug-likeness (QED) is 0.736. The monoisotopic (exact) mass is 388 g/mol. The molecule has 0 atom stereocenters. The van der Waals surface area contributed by atoms with Crippen LogP contribution in [-0.2, 0) is 6.42 Å². The molecule has 1 amide bonds. The Morgan fingerprint density at radius 1 is 1.07 bits per heavy atom. The maximum Gasteiger partial charge on any atom is 0.257 e. The van der Waals surface area contributed by atoms with Gasteiger partial charge in [0.05, 0.1) is 21.3 Å². The molecule has 0 aliphatic carbocycles. The number of anilines is 1. The van der Waals surface area contributed by atoms with E-state index in [0.717, 1.165) is 23.2 Å². The predicted octanol–water partition coefficient (Wildman–Crippen LogP) is 3.71. The summed E-state index contributed by atoms with van der Waals surface area (Å²) in [5, 5.41) is 6.04. The van der Waals surface area contributed by atoms with Crippen LogP contribution in [-0.4, -0.2) is 32.3 Å². The van der Waals surface area contributed by atoms with Gasteiger partial charge in [-0.25, -0.2) is 0 Å². The molecule has 0 radical (unpaired) electrons. The van der Waals surface area contributed by atoms with Crippen molar-refractivity contribution in [1.82, 2.24) is 5.32 Å². The molecule has 0 saturated heterocycles. The minimum Gasteiger partial charge on any atom is -0.493 e. The molecule has 2 aromatic carbocycles. The Morgan fingerprint density at radius 3 is 2.22 bits per heavy atom. The third-order valence-corrected chi connectivity index (χ3v) is 4.34. The van der Waals surface area contributed by atoms with E-state index in [9.17, 15) is 4.79 Å². The van der Waals surface area contributed by atoms with Crippen LogP contribution in [0, 0.1) is 6.92 Å². The first-order valence-electron chi connectivity index (χ1n) is 8.45. The summed E-state index contributed by atoms with van der Waals surface area (Å²) in [7, 11) is 4.50. The first kappa shape index (κ1) is 20.5. The summed E-state index contributed by atoms with van der Waals surface area (Å²) in [5.41, 5.74) is 3.43. The number of aryl methyl sites for hydroxylation is 2. The first-order chi connectivity index (χ1) is 12.9. The van der Waals surface area contributed by atoms with E-state index in [1.165, 1.54) is 21.3 Å². The number of rotatable bonds is 6. The lowest BCUT2D eigenvalue weighted by molar-refractivity contribution is 0.0977. The number of methoxy groups -OCH3 is 3. The smallest absolute Gasteiger partial charge is 0.257 e. The molecule has 0 saturated carbocycles. The number of carbonyl (C=O) groups is 1. The number of para-hydroxylation sites is 1. The SMILES string of the molecule is CCc1cccc(C)c1NC(=S)NC(=O)c1cc(OC)c(OC)c(OC)c1. The van der Waals surface area contributed by atoms with E-state index < -0.39 is 0 Å². The zero-order valence-corrected chi connectivity index (χ0v) is 17.0. The van der Waals surface area contributed by atoms with E-state index in [-0.39, 0.29) is 11.0 Å². The van der Waals surface area contributed by atoms with Crippen molar-refractivity contribution in [3.05, 3.63) is 47.0 Å². The van der Waals surface area contributed by atoms with Crippen molar-refractivity contribution >= 4 is 28.9 Å². The fourth-order valence-electron chi connectivity index (χ4n) is 2.73. The topological polar surface area (TPSA) is 68.8 Å². The van der Waals surface area contributed by atoms with Gasteiger partial charge in [0.2, 0.25) is 5.75 Å². The van der Waals surface area contributed by atoms with Crippen LogP contribution in [0.4, 0.5) is 5.69 Å². The van der Waals surface area contributed by atoms with Crippen LogP contribution < -0.4 is 24.8 Å². The van der Waals surface area contributed by atoms with Crippen molar-refractivity contribution in [1.29, 1.82) is 0 Å². The van der Waals surface area contributed by atoms with Crippen molar-refractivity contribution in [3.8, 4) is 17.2 Å². The van der Waals surface area contributed by atoms with Gasteiger partial charge in [-0.3, -0.25) is 10.1 Å². The summed E-state index contributed by atoms with van der Waals surface area (Å²) in [6, 6.07) is 9.16. The Bertz CT molecular complexity index is 827. The zero-order chi connectivity index (χ0) is 20.0. The second-order valence-electron chi connectivity index (χ2n) is 5.78. The third kappa shape index (κ3) is 4.68. The molecule has 0 aliphatic rings. The maximum absolute atomic E-state index is 12.6. The molecule has 6 nitrogen and oxygen atoms in total. The van der Waals surface area contributed by atoms with Crippen LogP contribution in [0.25, 0.3) is 0 Å². The van der Waals surface area contributed by atoms with Gasteiger partial charge in [-0.05, 0) is 48.8 Å². The molecule has 0 spiro atoms. The minimum atomic E-state index is -0.376. The van der Waals surface area contributed by atoms with Gasteiger partial charge in [0.15, 0.2) is 16.6 Å². The van der Waals surface area contributed by atoms with E-state index in [2.05, 4.69) is 17.6 Å². The molecule has 2 rings (SSSR count). The number of amides is 1. The molecule has 7 heteroatoms. The molecule has 0 aromatic heterocycles. The summed E-state index contributed by atoms with van der Waals surface area (Å²) in [5.74, 6) is 0.837. The Kier molecular flexibility index (Phi) is 7.01. The maximum atomic E-state index is 12.6. The normalized spacial score (nSPS) is 10.1. The average molecular weight is 388 g/mol. The average Bonchev–Trinajstić information content (AvgIpc) is 2.67. The van der Waals surface area contributed by atoms with Crippen molar-refractivity contribution < 1.29 is 19.0 Å². The molecule has 0 bridgehead atoms. The van der Waals surface area contributed by atoms with E-state index in [4.69, 9.17) is 26.4 Å². The largest absolute Gasteiger partial charge is 0.493 e. The number of hydrogen-bond acceptors (Lipinski definition) is 5. The molecule has 0 fully saturated rings. The summed E-state index contributed by atoms with van der Waals surface area (Å²) >= 11 is 5.32. The van der Waals surface area contributed by atoms with Gasteiger partial charge < -0.3 is 19.5 Å². The Labute approximate surface area is 164 Å². The number of carbonyl (C=O) groups excluding carboxylic acids is 1. The van der Waals surface area contributed by atoms with Gasteiger partial charge in [-0.2, -0.15) is 0 Å². The van der Waals surface area contributed by atoms with E-state index >= 15 is 0 Å². The summed E-state index contributed by atoms with van der Waals surface area (Å²) < 4.78 is 15.8. The number of nitrogens with one attached hydrogen (secondary N) is 2. The zero-order valence-electron chi connectivity index (χ0n) is 16.1. The lowest BCUT2D eigenvalue weighted by atomic mass is 10.1. The molecule has 27 heavy (non-hydrogen) atoms. The van der Waals surface area contributed by atoms with E-state index in [1.54, 1.807) is 12.1 Å². The standard InChI is InChI=1S/C20H24N2O4S/c1-6-13-9-7-8-12(2)17(13)21-20(27)22-19(23)14-10-15(24-3)18(26-5)16(11-14)25-4/h7-11H,6H2,1-5H3,(H2,21,22,23,27). The van der Waals surface area contributed by atoms with Gasteiger partial charge in [0.1, 0.15) is 0 Å². The number of benzene rings is 2. The summed E-state index contributed by atoms with van der Waals surface area (Å²) in [4.78, 5) is 12.6. The van der Waals surface area contributed by atoms with Crippen molar-refractivity contribution in [3.63, 3.8) is 0 Å². The van der Waals surface area contributed by atoms with Crippen molar-refractivity contribution in [2.24, 2.45) is 0 Å². The lowest BCUT2D eigenvalue weighted by Gasteiger charge is -2.16. The minimum absolute atomic E-state index is 0.220. The first-order valence-corrected chi connectivity index (χ1v) is 8.86. The fraction of sp³-hybridized carbons (Fsp3) is 0.300. The number of hydrogen-bond donors (Lipinski definition) is 2. The molecule has 0 aliphatic heterocycles. The van der Waals surface area contributed by atoms with Crippen LogP contribution in [0.3, 0.4) is 0 Å². The molecular formula is C20H24N2O4S. The van der Waals surface area contributed by atoms with Crippen LogP contribution in [0.1, 0.15) is 28.4 Å². The second-order valence-corrected chi connectivity index (χ2v) is 6.19. The molecule has 2 N–H and O–H groups in total. The van der Waals surface area contributed by atoms with Crippen molar-refractivity contribution in [2.75, 3.05) is 26.6 Å². The molecule has 0 heterocycles. The summed E-state index contributed by atoms with van der Waals surface area (Å²) in [6.07, 6.45) is 0.855. The van der Waals surface area contributed by atoms with E-state index in [1.807, 2.05) is 25.1 Å². The van der Waals surface area contributed by atoms with Crippen LogP contribution in [0.2, 0.25) is 0 Å². The number of ether oxygens (including phenoxy) is 3. The third-order valence-electron chi connectivity index (χ3n) is 4.13. The van der Waals surface area contributed by atoms with Gasteiger partial charge in [0.25, 0.3) is 5.91 Å². The van der Waals surface area contributed by atoms with E-state index in [0.29, 0.717) is 22.8 Å². The van der Waals surface area contributed by atoms with Crippen LogP contribution >= 0.6 is 12.2 Å². The fourth-order valence-corrected chi connectivity index (χ4v) is 2.93. The second kappa shape index (κ2) is 9.23. The Balaban J connectivity index is 2.21. The van der Waals surface area contributed by atoms with Gasteiger partial charge in [0, 0.05) is 11.3 Å². The molecular weight excluding hydrogens is 364 g/mol. The highest BCUT2D eigenvalue weighted by Gasteiger charge is 2.18. The van der Waals surface area contributed by atoms with Crippen LogP contribution in [0.15, 0.2) is 30.3 Å². The highest BCUT2D eigenvalue weighted by molar-refractivity contribution is 7.80. The van der Waals surface area contributed by atoms with Crippen LogP contribution in [0.5, 0.6) is 17.2 Å².